The van der Waals surface area contributed by atoms with E-state index in [1.165, 1.54) is 0 Å². The van der Waals surface area contributed by atoms with Crippen LogP contribution in [0.2, 0.25) is 0 Å². The molecule has 0 fully saturated rings. The summed E-state index contributed by atoms with van der Waals surface area (Å²) in [7, 11) is 0. The van der Waals surface area contributed by atoms with Crippen LogP contribution in [0.1, 0.15) is 28.9 Å². The van der Waals surface area contributed by atoms with Crippen LogP contribution < -0.4 is 0 Å². The minimum atomic E-state index is -0.310. The van der Waals surface area contributed by atoms with Crippen LogP contribution in [0.15, 0.2) is 6.07 Å². The molecule has 0 bridgehead atoms. The molecule has 1 rings (SSSR count). The Morgan fingerprint density at radius 1 is 1.58 bits per heavy atom. The van der Waals surface area contributed by atoms with Gasteiger partial charge in [0, 0.05) is 5.69 Å². The lowest BCUT2D eigenvalue weighted by Gasteiger charge is -1.99. The van der Waals surface area contributed by atoms with Gasteiger partial charge in [0.05, 0.1) is 0 Å². The Kier molecular flexibility index (Phi) is 2.81. The van der Waals surface area contributed by atoms with Crippen molar-refractivity contribution in [1.29, 1.82) is 0 Å². The van der Waals surface area contributed by atoms with E-state index in [4.69, 9.17) is 0 Å². The fourth-order valence-electron chi connectivity index (χ4n) is 0.920. The van der Waals surface area contributed by atoms with Crippen LogP contribution in [-0.4, -0.2) is 15.1 Å². The molecule has 0 radical (unpaired) electrons. The highest BCUT2D eigenvalue weighted by Crippen LogP contribution is 2.04. The normalized spacial score (nSPS) is 9.92. The summed E-state index contributed by atoms with van der Waals surface area (Å²) in [4.78, 5) is 18.9. The second kappa shape index (κ2) is 3.67. The average molecular weight is 182 g/mol. The summed E-state index contributed by atoms with van der Waals surface area (Å²) in [5, 5.41) is -0.310. The minimum Gasteiger partial charge on any atom is -0.280 e. The molecule has 3 nitrogen and oxygen atoms in total. The molecule has 0 unspecified atom stereocenters. The molecule has 0 saturated carbocycles. The number of nitrogens with zero attached hydrogens (tertiary/aromatic N) is 2. The van der Waals surface area contributed by atoms with E-state index in [2.05, 4.69) is 22.6 Å². The van der Waals surface area contributed by atoms with E-state index in [-0.39, 0.29) is 5.12 Å². The summed E-state index contributed by atoms with van der Waals surface area (Å²) >= 11 is 3.69. The smallest absolute Gasteiger partial charge is 0.234 e. The van der Waals surface area contributed by atoms with Gasteiger partial charge < -0.3 is 0 Å². The molecule has 0 aliphatic heterocycles. The summed E-state index contributed by atoms with van der Waals surface area (Å²) in [5.74, 6) is 0.617. The zero-order valence-electron chi connectivity index (χ0n) is 7.03. The van der Waals surface area contributed by atoms with Crippen molar-refractivity contribution in [1.82, 2.24) is 9.97 Å². The number of hydrogen-bond acceptors (Lipinski definition) is 3. The van der Waals surface area contributed by atoms with Crippen LogP contribution in [0.3, 0.4) is 0 Å². The molecule has 1 aromatic rings. The predicted octanol–water partition coefficient (Wildman–Crippen LogP) is 1.42. The van der Waals surface area contributed by atoms with E-state index in [1.54, 1.807) is 13.0 Å². The summed E-state index contributed by atoms with van der Waals surface area (Å²) in [6.07, 6.45) is 0.803. The van der Waals surface area contributed by atoms with Crippen molar-refractivity contribution in [3.63, 3.8) is 0 Å². The van der Waals surface area contributed by atoms with E-state index in [0.717, 1.165) is 12.1 Å². The van der Waals surface area contributed by atoms with Gasteiger partial charge in [-0.3, -0.25) is 4.79 Å². The molecule has 1 aromatic heterocycles. The average Bonchev–Trinajstić information content (AvgIpc) is 2.03. The molecule has 0 N–H and O–H groups in total. The topological polar surface area (TPSA) is 42.9 Å². The molecule has 0 aliphatic carbocycles. The zero-order valence-corrected chi connectivity index (χ0v) is 7.93. The predicted molar refractivity (Wildman–Crippen MR) is 49.5 cm³/mol. The van der Waals surface area contributed by atoms with E-state index in [9.17, 15) is 4.79 Å². The molecule has 0 aliphatic rings. The van der Waals surface area contributed by atoms with Crippen molar-refractivity contribution in [3.05, 3.63) is 23.3 Å². The summed E-state index contributed by atoms with van der Waals surface area (Å²) < 4.78 is 0. The van der Waals surface area contributed by atoms with Crippen molar-refractivity contribution in [2.75, 3.05) is 0 Å². The fourth-order valence-corrected chi connectivity index (χ4v) is 1.03. The number of thiol groups is 1. The summed E-state index contributed by atoms with van der Waals surface area (Å²) in [5.41, 5.74) is 1.25. The molecule has 0 aromatic carbocycles. The maximum absolute atomic E-state index is 10.8. The number of hydrogen-bond donors (Lipinski definition) is 1. The minimum absolute atomic E-state index is 0.310. The molecular formula is C8H10N2OS. The Hall–Kier alpha value is -0.900. The van der Waals surface area contributed by atoms with Crippen LogP contribution >= 0.6 is 12.6 Å². The Morgan fingerprint density at radius 3 is 2.75 bits per heavy atom. The lowest BCUT2D eigenvalue weighted by Crippen LogP contribution is -2.01. The van der Waals surface area contributed by atoms with Gasteiger partial charge in [-0.15, -0.1) is 0 Å². The largest absolute Gasteiger partial charge is 0.280 e. The van der Waals surface area contributed by atoms with Crippen LogP contribution in [-0.2, 0) is 6.42 Å². The van der Waals surface area contributed by atoms with Crippen molar-refractivity contribution in [3.8, 4) is 0 Å². The van der Waals surface area contributed by atoms with Gasteiger partial charge in [0.15, 0.2) is 0 Å². The zero-order chi connectivity index (χ0) is 9.14. The first-order valence-electron chi connectivity index (χ1n) is 3.71. The van der Waals surface area contributed by atoms with E-state index < -0.39 is 0 Å². The van der Waals surface area contributed by atoms with E-state index >= 15 is 0 Å². The van der Waals surface area contributed by atoms with E-state index in [1.807, 2.05) is 6.92 Å². The summed E-state index contributed by atoms with van der Waals surface area (Å²) in [6.45, 7) is 3.74. The molecule has 0 spiro atoms. The van der Waals surface area contributed by atoms with Crippen molar-refractivity contribution in [2.24, 2.45) is 0 Å². The number of aryl methyl sites for hydroxylation is 2. The fraction of sp³-hybridized carbons (Fsp3) is 0.375. The quantitative estimate of drug-likeness (QED) is 0.703. The third-order valence-electron chi connectivity index (χ3n) is 1.47. The maximum Gasteiger partial charge on any atom is 0.234 e. The standard InChI is InChI=1S/C8H10N2OS/c1-3-6-4-7(8(11)12)10-5(2)9-6/h4H,3H2,1-2H3,(H,11,12). The number of rotatable bonds is 2. The first kappa shape index (κ1) is 9.19. The van der Waals surface area contributed by atoms with E-state index in [0.29, 0.717) is 11.5 Å². The Bertz CT molecular complexity index is 312. The number of carbonyl (C=O) groups excluding carboxylic acids is 1. The third-order valence-corrected chi connectivity index (χ3v) is 1.70. The van der Waals surface area contributed by atoms with Gasteiger partial charge >= 0.3 is 0 Å². The van der Waals surface area contributed by atoms with Gasteiger partial charge in [-0.05, 0) is 19.4 Å². The lowest BCUT2D eigenvalue weighted by atomic mass is 10.3. The second-order valence-corrected chi connectivity index (χ2v) is 2.86. The first-order chi connectivity index (χ1) is 5.63. The van der Waals surface area contributed by atoms with Crippen molar-refractivity contribution >= 4 is 17.7 Å². The van der Waals surface area contributed by atoms with Gasteiger partial charge in [-0.1, -0.05) is 19.6 Å². The molecular weight excluding hydrogens is 172 g/mol. The molecule has 12 heavy (non-hydrogen) atoms. The highest BCUT2D eigenvalue weighted by molar-refractivity contribution is 7.97. The summed E-state index contributed by atoms with van der Waals surface area (Å²) in [6, 6.07) is 1.67. The molecule has 0 saturated heterocycles. The first-order valence-corrected chi connectivity index (χ1v) is 4.16. The van der Waals surface area contributed by atoms with Crippen molar-refractivity contribution in [2.45, 2.75) is 20.3 Å². The van der Waals surface area contributed by atoms with Crippen LogP contribution in [0.5, 0.6) is 0 Å². The van der Waals surface area contributed by atoms with Crippen LogP contribution in [0.4, 0.5) is 0 Å². The highest BCUT2D eigenvalue weighted by Gasteiger charge is 2.04. The SMILES string of the molecule is CCc1cc(C(=O)S)nc(C)n1. The number of carbonyl (C=O) groups is 1. The van der Waals surface area contributed by atoms with Gasteiger partial charge in [-0.2, -0.15) is 0 Å². The Labute approximate surface area is 76.6 Å². The van der Waals surface area contributed by atoms with Gasteiger partial charge in [0.1, 0.15) is 11.5 Å². The molecule has 0 amide bonds. The molecule has 0 atom stereocenters. The second-order valence-electron chi connectivity index (χ2n) is 2.45. The van der Waals surface area contributed by atoms with Gasteiger partial charge in [-0.25, -0.2) is 9.97 Å². The van der Waals surface area contributed by atoms with Crippen LogP contribution in [0.25, 0.3) is 0 Å². The Morgan fingerprint density at radius 2 is 2.25 bits per heavy atom. The van der Waals surface area contributed by atoms with Gasteiger partial charge in [0.2, 0.25) is 5.12 Å². The number of aromatic nitrogens is 2. The molecule has 4 heteroatoms. The molecule has 1 heterocycles. The highest BCUT2D eigenvalue weighted by atomic mass is 32.1. The van der Waals surface area contributed by atoms with Gasteiger partial charge in [0.25, 0.3) is 0 Å². The van der Waals surface area contributed by atoms with Crippen molar-refractivity contribution < 1.29 is 4.79 Å². The Balaban J connectivity index is 3.15. The lowest BCUT2D eigenvalue weighted by molar-refractivity contribution is 0.108. The monoisotopic (exact) mass is 182 g/mol. The molecule has 64 valence electrons. The maximum atomic E-state index is 10.8. The third kappa shape index (κ3) is 2.04. The van der Waals surface area contributed by atoms with Crippen LogP contribution in [0, 0.1) is 6.92 Å².